The van der Waals surface area contributed by atoms with Crippen LogP contribution in [0.15, 0.2) is 24.5 Å². The summed E-state index contributed by atoms with van der Waals surface area (Å²) >= 11 is 11.3. The molecule has 15 heavy (non-hydrogen) atoms. The third-order valence-electron chi connectivity index (χ3n) is 1.92. The average molecular weight is 246 g/mol. The topological polar surface area (TPSA) is 30.7 Å². The third kappa shape index (κ3) is 1.96. The molecule has 78 valence electrons. The molecule has 0 unspecified atom stereocenters. The Hall–Kier alpha value is -1.13. The number of halogens is 3. The van der Waals surface area contributed by atoms with E-state index >= 15 is 0 Å². The van der Waals surface area contributed by atoms with Crippen LogP contribution in [0.25, 0.3) is 5.69 Å². The van der Waals surface area contributed by atoms with Gasteiger partial charge in [0.25, 0.3) is 0 Å². The van der Waals surface area contributed by atoms with E-state index in [-0.39, 0.29) is 10.9 Å². The van der Waals surface area contributed by atoms with E-state index in [4.69, 9.17) is 23.2 Å². The second-order valence-electron chi connectivity index (χ2n) is 2.85. The Morgan fingerprint density at radius 3 is 2.87 bits per heavy atom. The quantitative estimate of drug-likeness (QED) is 0.763. The summed E-state index contributed by atoms with van der Waals surface area (Å²) in [7, 11) is 0. The summed E-state index contributed by atoms with van der Waals surface area (Å²) in [6, 6.07) is 4.37. The highest BCUT2D eigenvalue weighted by molar-refractivity contribution is 6.30. The molecule has 1 aromatic carbocycles. The molecule has 2 aromatic rings. The van der Waals surface area contributed by atoms with Gasteiger partial charge in [-0.1, -0.05) is 11.6 Å². The Kier molecular flexibility index (Phi) is 2.88. The van der Waals surface area contributed by atoms with E-state index in [2.05, 4.69) is 10.2 Å². The molecule has 0 aliphatic heterocycles. The largest absolute Gasteiger partial charge is 0.285 e. The van der Waals surface area contributed by atoms with Gasteiger partial charge < -0.3 is 0 Å². The molecule has 0 N–H and O–H groups in total. The average Bonchev–Trinajstić information content (AvgIpc) is 2.70. The van der Waals surface area contributed by atoms with E-state index in [0.717, 1.165) is 0 Å². The van der Waals surface area contributed by atoms with Crippen molar-refractivity contribution in [3.63, 3.8) is 0 Å². The lowest BCUT2D eigenvalue weighted by molar-refractivity contribution is 0.627. The van der Waals surface area contributed by atoms with Gasteiger partial charge in [0.2, 0.25) is 0 Å². The van der Waals surface area contributed by atoms with Crippen LogP contribution in [0.1, 0.15) is 5.82 Å². The number of alkyl halides is 1. The van der Waals surface area contributed by atoms with Crippen molar-refractivity contribution in [2.45, 2.75) is 5.88 Å². The summed E-state index contributed by atoms with van der Waals surface area (Å²) in [4.78, 5) is 0. The van der Waals surface area contributed by atoms with Crippen molar-refractivity contribution in [2.24, 2.45) is 0 Å². The Labute approximate surface area is 95.5 Å². The molecular formula is C9H6Cl2FN3. The fourth-order valence-corrected chi connectivity index (χ4v) is 1.56. The summed E-state index contributed by atoms with van der Waals surface area (Å²) in [5, 5.41) is 7.58. The lowest BCUT2D eigenvalue weighted by Crippen LogP contribution is -1.98. The van der Waals surface area contributed by atoms with Crippen LogP contribution < -0.4 is 0 Å². The maximum Gasteiger partial charge on any atom is 0.152 e. The van der Waals surface area contributed by atoms with Gasteiger partial charge in [0.1, 0.15) is 12.1 Å². The van der Waals surface area contributed by atoms with Crippen molar-refractivity contribution in [1.29, 1.82) is 0 Å². The minimum Gasteiger partial charge on any atom is -0.285 e. The summed E-state index contributed by atoms with van der Waals surface area (Å²) < 4.78 is 14.6. The first-order chi connectivity index (χ1) is 7.22. The Morgan fingerprint density at radius 1 is 1.40 bits per heavy atom. The van der Waals surface area contributed by atoms with Crippen LogP contribution >= 0.6 is 23.2 Å². The number of aromatic nitrogens is 3. The van der Waals surface area contributed by atoms with E-state index in [9.17, 15) is 4.39 Å². The van der Waals surface area contributed by atoms with Crippen LogP contribution in [0.3, 0.4) is 0 Å². The van der Waals surface area contributed by atoms with Crippen LogP contribution in [-0.4, -0.2) is 14.8 Å². The first-order valence-electron chi connectivity index (χ1n) is 4.12. The first-order valence-corrected chi connectivity index (χ1v) is 5.04. The van der Waals surface area contributed by atoms with Gasteiger partial charge >= 0.3 is 0 Å². The second kappa shape index (κ2) is 4.16. The highest BCUT2D eigenvalue weighted by Crippen LogP contribution is 2.19. The number of hydrogen-bond acceptors (Lipinski definition) is 2. The molecule has 0 radical (unpaired) electrons. The van der Waals surface area contributed by atoms with Crippen molar-refractivity contribution in [3.8, 4) is 5.69 Å². The molecular weight excluding hydrogens is 240 g/mol. The van der Waals surface area contributed by atoms with Gasteiger partial charge in [-0.2, -0.15) is 0 Å². The Balaban J connectivity index is 2.50. The molecule has 0 atom stereocenters. The SMILES string of the molecule is Fc1ccc(-n2cnnc2CCl)cc1Cl. The highest BCUT2D eigenvalue weighted by Gasteiger charge is 2.07. The fraction of sp³-hybridized carbons (Fsp3) is 0.111. The molecule has 2 rings (SSSR count). The zero-order valence-corrected chi connectivity index (χ0v) is 9.00. The molecule has 0 aliphatic rings. The van der Waals surface area contributed by atoms with E-state index in [1.165, 1.54) is 18.5 Å². The van der Waals surface area contributed by atoms with Crippen molar-refractivity contribution >= 4 is 23.2 Å². The van der Waals surface area contributed by atoms with Crippen LogP contribution in [0.5, 0.6) is 0 Å². The van der Waals surface area contributed by atoms with Crippen molar-refractivity contribution in [1.82, 2.24) is 14.8 Å². The standard InChI is InChI=1S/C9H6Cl2FN3/c10-4-9-14-13-5-15(9)6-1-2-8(12)7(11)3-6/h1-3,5H,4H2. The molecule has 1 heterocycles. The van der Waals surface area contributed by atoms with E-state index in [1.807, 2.05) is 0 Å². The van der Waals surface area contributed by atoms with Crippen LogP contribution in [0.2, 0.25) is 5.02 Å². The molecule has 0 bridgehead atoms. The summed E-state index contributed by atoms with van der Waals surface area (Å²) in [6.07, 6.45) is 1.50. The second-order valence-corrected chi connectivity index (χ2v) is 3.52. The first kappa shape index (κ1) is 10.4. The molecule has 3 nitrogen and oxygen atoms in total. The lowest BCUT2D eigenvalue weighted by Gasteiger charge is -2.04. The molecule has 0 saturated heterocycles. The van der Waals surface area contributed by atoms with E-state index < -0.39 is 5.82 Å². The minimum atomic E-state index is -0.457. The smallest absolute Gasteiger partial charge is 0.152 e. The Morgan fingerprint density at radius 2 is 2.20 bits per heavy atom. The predicted octanol–water partition coefficient (Wildman–Crippen LogP) is 2.80. The van der Waals surface area contributed by atoms with Gasteiger partial charge in [-0.05, 0) is 18.2 Å². The molecule has 0 fully saturated rings. The fourth-order valence-electron chi connectivity index (χ4n) is 1.20. The van der Waals surface area contributed by atoms with Crippen LogP contribution in [-0.2, 0) is 5.88 Å². The normalized spacial score (nSPS) is 10.6. The zero-order valence-electron chi connectivity index (χ0n) is 7.49. The van der Waals surface area contributed by atoms with Crippen LogP contribution in [0.4, 0.5) is 4.39 Å². The number of nitrogens with zero attached hydrogens (tertiary/aromatic N) is 3. The monoisotopic (exact) mass is 245 g/mol. The van der Waals surface area contributed by atoms with Gasteiger partial charge in [0, 0.05) is 0 Å². The number of benzene rings is 1. The zero-order chi connectivity index (χ0) is 10.8. The van der Waals surface area contributed by atoms with Gasteiger partial charge in [-0.25, -0.2) is 4.39 Å². The van der Waals surface area contributed by atoms with Crippen molar-refractivity contribution in [2.75, 3.05) is 0 Å². The molecule has 0 amide bonds. The predicted molar refractivity (Wildman–Crippen MR) is 55.9 cm³/mol. The summed E-state index contributed by atoms with van der Waals surface area (Å²) in [6.45, 7) is 0. The highest BCUT2D eigenvalue weighted by atomic mass is 35.5. The molecule has 1 aromatic heterocycles. The molecule has 6 heteroatoms. The lowest BCUT2D eigenvalue weighted by atomic mass is 10.3. The Bertz CT molecular complexity index is 484. The summed E-state index contributed by atoms with van der Waals surface area (Å²) in [5.41, 5.74) is 0.682. The molecule has 0 spiro atoms. The van der Waals surface area contributed by atoms with Gasteiger partial charge in [0.05, 0.1) is 16.6 Å². The van der Waals surface area contributed by atoms with Crippen molar-refractivity contribution < 1.29 is 4.39 Å². The van der Waals surface area contributed by atoms with Gasteiger partial charge in [-0.3, -0.25) is 4.57 Å². The van der Waals surface area contributed by atoms with Gasteiger partial charge in [0.15, 0.2) is 5.82 Å². The number of rotatable bonds is 2. The number of hydrogen-bond donors (Lipinski definition) is 0. The maximum atomic E-state index is 12.9. The maximum absolute atomic E-state index is 12.9. The van der Waals surface area contributed by atoms with Crippen molar-refractivity contribution in [3.05, 3.63) is 41.2 Å². The summed E-state index contributed by atoms with van der Waals surface area (Å²) in [5.74, 6) is 0.356. The van der Waals surface area contributed by atoms with Crippen LogP contribution in [0, 0.1) is 5.82 Å². The molecule has 0 saturated carbocycles. The minimum absolute atomic E-state index is 0.0572. The van der Waals surface area contributed by atoms with Gasteiger partial charge in [-0.15, -0.1) is 21.8 Å². The van der Waals surface area contributed by atoms with E-state index in [0.29, 0.717) is 11.5 Å². The molecule has 0 aliphatic carbocycles. The third-order valence-corrected chi connectivity index (χ3v) is 2.45. The van der Waals surface area contributed by atoms with E-state index in [1.54, 1.807) is 10.6 Å².